The van der Waals surface area contributed by atoms with Crippen LogP contribution in [-0.4, -0.2) is 35.7 Å². The second-order valence-electron chi connectivity index (χ2n) is 6.36. The Morgan fingerprint density at radius 2 is 2.25 bits per heavy atom. The third-order valence-corrected chi connectivity index (χ3v) is 3.88. The summed E-state index contributed by atoms with van der Waals surface area (Å²) >= 11 is 0. The molecule has 3 unspecified atom stereocenters. The van der Waals surface area contributed by atoms with E-state index in [2.05, 4.69) is 23.7 Å². The van der Waals surface area contributed by atoms with Gasteiger partial charge in [-0.25, -0.2) is 0 Å². The van der Waals surface area contributed by atoms with Crippen molar-refractivity contribution in [2.75, 3.05) is 6.61 Å². The van der Waals surface area contributed by atoms with Gasteiger partial charge in [0.25, 0.3) is 0 Å². The first kappa shape index (κ1) is 18.4. The molecule has 2 heterocycles. The zero-order valence-electron chi connectivity index (χ0n) is 14.4. The molecule has 5 heteroatoms. The molecule has 2 fully saturated rings. The number of aliphatic hydroxyl groups excluding tert-OH is 1. The fourth-order valence-electron chi connectivity index (χ4n) is 2.77. The molecule has 2 aliphatic rings. The highest BCUT2D eigenvalue weighted by molar-refractivity contribution is 5.70. The molecule has 0 aromatic rings. The van der Waals surface area contributed by atoms with Crippen molar-refractivity contribution in [2.24, 2.45) is 5.92 Å². The van der Waals surface area contributed by atoms with Gasteiger partial charge in [0.05, 0.1) is 6.61 Å². The van der Waals surface area contributed by atoms with Crippen molar-refractivity contribution >= 4 is 5.97 Å². The molecule has 3 atom stereocenters. The quantitative estimate of drug-likeness (QED) is 0.634. The maximum atomic E-state index is 12.0. The molecule has 0 amide bonds. The van der Waals surface area contributed by atoms with Gasteiger partial charge in [-0.05, 0) is 37.5 Å². The van der Waals surface area contributed by atoms with Crippen molar-refractivity contribution in [3.05, 3.63) is 11.8 Å². The van der Waals surface area contributed by atoms with Gasteiger partial charge in [0.1, 0.15) is 0 Å². The summed E-state index contributed by atoms with van der Waals surface area (Å²) in [7, 11) is 0. The Balaban J connectivity index is 2.22. The highest BCUT2D eigenvalue weighted by atomic mass is 16.7. The number of esters is 1. The standard InChI is InChI=1S/C19H24O5/c1-4-5-6-7-10-15-17(23-16(20)13-14(2)3)18(21)19(24-15)11-8-9-12-22-19/h10,14,17-18,21H,8-9,11-13H2,1-3H3/b15-10-. The van der Waals surface area contributed by atoms with Crippen LogP contribution in [0.1, 0.15) is 46.5 Å². The van der Waals surface area contributed by atoms with Crippen molar-refractivity contribution in [1.29, 1.82) is 0 Å². The summed E-state index contributed by atoms with van der Waals surface area (Å²) < 4.78 is 17.0. The third-order valence-electron chi connectivity index (χ3n) is 3.88. The lowest BCUT2D eigenvalue weighted by Crippen LogP contribution is -2.48. The Labute approximate surface area is 143 Å². The van der Waals surface area contributed by atoms with Crippen molar-refractivity contribution in [3.8, 4) is 23.7 Å². The number of allylic oxidation sites excluding steroid dienone is 1. The molecule has 0 bridgehead atoms. The molecule has 0 aromatic carbocycles. The van der Waals surface area contributed by atoms with Crippen LogP contribution in [0.5, 0.6) is 0 Å². The van der Waals surface area contributed by atoms with E-state index in [9.17, 15) is 9.90 Å². The molecule has 0 radical (unpaired) electrons. The maximum Gasteiger partial charge on any atom is 0.306 e. The Morgan fingerprint density at radius 1 is 1.46 bits per heavy atom. The molecule has 0 aliphatic carbocycles. The van der Waals surface area contributed by atoms with E-state index in [1.165, 1.54) is 6.08 Å². The van der Waals surface area contributed by atoms with E-state index in [1.54, 1.807) is 6.92 Å². The van der Waals surface area contributed by atoms with Gasteiger partial charge in [0.15, 0.2) is 18.0 Å². The number of carbonyl (C=O) groups is 1. The minimum absolute atomic E-state index is 0.170. The smallest absolute Gasteiger partial charge is 0.306 e. The first-order chi connectivity index (χ1) is 11.5. The molecule has 2 saturated heterocycles. The summed E-state index contributed by atoms with van der Waals surface area (Å²) in [6, 6.07) is 0. The largest absolute Gasteiger partial charge is 0.459 e. The predicted octanol–water partition coefficient (Wildman–Crippen LogP) is 2.14. The van der Waals surface area contributed by atoms with Crippen LogP contribution in [0, 0.1) is 29.6 Å². The average Bonchev–Trinajstić information content (AvgIpc) is 2.77. The molecule has 1 N–H and O–H groups in total. The van der Waals surface area contributed by atoms with Crippen LogP contribution in [-0.2, 0) is 19.0 Å². The van der Waals surface area contributed by atoms with E-state index in [0.717, 1.165) is 12.8 Å². The van der Waals surface area contributed by atoms with Gasteiger partial charge in [-0.15, -0.1) is 0 Å². The van der Waals surface area contributed by atoms with Crippen LogP contribution >= 0.6 is 0 Å². The first-order valence-corrected chi connectivity index (χ1v) is 8.31. The predicted molar refractivity (Wildman–Crippen MR) is 88.3 cm³/mol. The number of hydrogen-bond donors (Lipinski definition) is 1. The highest BCUT2D eigenvalue weighted by Crippen LogP contribution is 2.42. The van der Waals surface area contributed by atoms with E-state index < -0.39 is 18.0 Å². The minimum Gasteiger partial charge on any atom is -0.459 e. The second kappa shape index (κ2) is 8.24. The van der Waals surface area contributed by atoms with Crippen LogP contribution in [0.3, 0.4) is 0 Å². The molecular weight excluding hydrogens is 308 g/mol. The van der Waals surface area contributed by atoms with Gasteiger partial charge in [0.2, 0.25) is 5.79 Å². The van der Waals surface area contributed by atoms with Gasteiger partial charge in [-0.1, -0.05) is 25.7 Å². The van der Waals surface area contributed by atoms with Crippen LogP contribution in [0.4, 0.5) is 0 Å². The van der Waals surface area contributed by atoms with Crippen molar-refractivity contribution in [3.63, 3.8) is 0 Å². The molecule has 1 spiro atoms. The third kappa shape index (κ3) is 4.32. The molecule has 0 aromatic heterocycles. The van der Waals surface area contributed by atoms with Crippen molar-refractivity contribution in [2.45, 2.75) is 64.4 Å². The fraction of sp³-hybridized carbons (Fsp3) is 0.632. The monoisotopic (exact) mass is 332 g/mol. The van der Waals surface area contributed by atoms with E-state index in [4.69, 9.17) is 14.2 Å². The second-order valence-corrected chi connectivity index (χ2v) is 6.36. The summed E-state index contributed by atoms with van der Waals surface area (Å²) in [4.78, 5) is 12.0. The molecule has 24 heavy (non-hydrogen) atoms. The molecular formula is C19H24O5. The maximum absolute atomic E-state index is 12.0. The number of carbonyl (C=O) groups excluding carboxylic acids is 1. The molecule has 130 valence electrons. The normalized spacial score (nSPS) is 30.3. The summed E-state index contributed by atoms with van der Waals surface area (Å²) in [6.45, 7) is 6.06. The van der Waals surface area contributed by atoms with Crippen molar-refractivity contribution in [1.82, 2.24) is 0 Å². The summed E-state index contributed by atoms with van der Waals surface area (Å²) in [5.74, 6) is 9.64. The zero-order valence-corrected chi connectivity index (χ0v) is 14.4. The van der Waals surface area contributed by atoms with Gasteiger partial charge in [0, 0.05) is 18.9 Å². The number of ether oxygens (including phenoxy) is 3. The lowest BCUT2D eigenvalue weighted by molar-refractivity contribution is -0.258. The molecule has 2 rings (SSSR count). The summed E-state index contributed by atoms with van der Waals surface area (Å²) in [5.41, 5.74) is 0. The van der Waals surface area contributed by atoms with E-state index in [0.29, 0.717) is 18.8 Å². The number of hydrogen-bond acceptors (Lipinski definition) is 5. The van der Waals surface area contributed by atoms with Gasteiger partial charge >= 0.3 is 5.97 Å². The number of rotatable bonds is 3. The van der Waals surface area contributed by atoms with Gasteiger partial charge in [-0.3, -0.25) is 4.79 Å². The highest BCUT2D eigenvalue weighted by Gasteiger charge is 2.56. The Bertz CT molecular complexity index is 605. The molecule has 5 nitrogen and oxygen atoms in total. The van der Waals surface area contributed by atoms with Crippen LogP contribution in [0.2, 0.25) is 0 Å². The van der Waals surface area contributed by atoms with Crippen LogP contribution < -0.4 is 0 Å². The Hall–Kier alpha value is -1.95. The Kier molecular flexibility index (Phi) is 6.31. The van der Waals surface area contributed by atoms with Crippen LogP contribution in [0.25, 0.3) is 0 Å². The lowest BCUT2D eigenvalue weighted by atomic mass is 9.98. The van der Waals surface area contributed by atoms with Crippen LogP contribution in [0.15, 0.2) is 11.8 Å². The average molecular weight is 332 g/mol. The summed E-state index contributed by atoms with van der Waals surface area (Å²) in [5, 5.41) is 10.7. The summed E-state index contributed by atoms with van der Waals surface area (Å²) in [6.07, 6.45) is 2.14. The fourth-order valence-corrected chi connectivity index (χ4v) is 2.77. The van der Waals surface area contributed by atoms with E-state index >= 15 is 0 Å². The molecule has 2 aliphatic heterocycles. The Morgan fingerprint density at radius 3 is 2.88 bits per heavy atom. The minimum atomic E-state index is -1.15. The first-order valence-electron chi connectivity index (χ1n) is 8.31. The van der Waals surface area contributed by atoms with Gasteiger partial charge in [-0.2, -0.15) is 0 Å². The van der Waals surface area contributed by atoms with Gasteiger partial charge < -0.3 is 19.3 Å². The van der Waals surface area contributed by atoms with E-state index in [1.807, 2.05) is 13.8 Å². The topological polar surface area (TPSA) is 65.0 Å². The van der Waals surface area contributed by atoms with Crippen molar-refractivity contribution < 1.29 is 24.1 Å². The van der Waals surface area contributed by atoms with E-state index in [-0.39, 0.29) is 18.3 Å². The SMILES string of the molecule is CC#CC#C/C=C1\OC2(CCCCO2)C(O)C1OC(=O)CC(C)C. The number of aliphatic hydroxyl groups is 1. The lowest BCUT2D eigenvalue weighted by Gasteiger charge is -2.34. The zero-order chi connectivity index (χ0) is 17.6. The molecule has 0 saturated carbocycles.